The van der Waals surface area contributed by atoms with E-state index in [0.717, 1.165) is 17.9 Å². The molecule has 1 amide bonds. The van der Waals surface area contributed by atoms with Gasteiger partial charge >= 0.3 is 0 Å². The van der Waals surface area contributed by atoms with Crippen LogP contribution in [0.25, 0.3) is 0 Å². The first-order valence-electron chi connectivity index (χ1n) is 8.80. The van der Waals surface area contributed by atoms with Crippen molar-refractivity contribution in [3.63, 3.8) is 0 Å². The summed E-state index contributed by atoms with van der Waals surface area (Å²) in [6.45, 7) is 13.5. The lowest BCUT2D eigenvalue weighted by atomic mass is 10.1. The zero-order valence-corrected chi connectivity index (χ0v) is 17.2. The molecule has 0 aliphatic carbocycles. The summed E-state index contributed by atoms with van der Waals surface area (Å²) in [6.07, 6.45) is 0. The van der Waals surface area contributed by atoms with Crippen LogP contribution in [0.2, 0.25) is 0 Å². The fraction of sp³-hybridized carbons (Fsp3) is 0.556. The fourth-order valence-electron chi connectivity index (χ4n) is 2.60. The number of benzene rings is 1. The van der Waals surface area contributed by atoms with Gasteiger partial charge in [0.1, 0.15) is 0 Å². The number of amides is 1. The molecule has 0 spiro atoms. The van der Waals surface area contributed by atoms with E-state index in [-0.39, 0.29) is 17.2 Å². The Morgan fingerprint density at radius 2 is 1.92 bits per heavy atom. The predicted octanol–water partition coefficient (Wildman–Crippen LogP) is 3.39. The second-order valence-electron chi connectivity index (χ2n) is 7.31. The van der Waals surface area contributed by atoms with Crippen LogP contribution in [0, 0.1) is 0 Å². The molecule has 0 fully saturated rings. The molecule has 1 aromatic heterocycles. The highest BCUT2D eigenvalue weighted by atomic mass is 32.2. The number of rotatable bonds is 7. The molecule has 0 radical (unpaired) electrons. The third-order valence-electron chi connectivity index (χ3n) is 3.86. The second-order valence-corrected chi connectivity index (χ2v) is 8.25. The van der Waals surface area contributed by atoms with Crippen molar-refractivity contribution < 1.29 is 4.79 Å². The van der Waals surface area contributed by atoms with Crippen LogP contribution in [0.3, 0.4) is 0 Å². The van der Waals surface area contributed by atoms with E-state index in [1.165, 1.54) is 11.8 Å². The van der Waals surface area contributed by atoms with Crippen LogP contribution in [-0.2, 0) is 10.3 Å². The molecule has 1 heterocycles. The molecule has 1 aromatic carbocycles. The Balaban J connectivity index is 1.93. The van der Waals surface area contributed by atoms with E-state index in [9.17, 15) is 4.79 Å². The van der Waals surface area contributed by atoms with Gasteiger partial charge in [-0.3, -0.25) is 4.79 Å². The smallest absolute Gasteiger partial charge is 0.234 e. The van der Waals surface area contributed by atoms with E-state index in [1.807, 2.05) is 45.0 Å². The van der Waals surface area contributed by atoms with E-state index in [4.69, 9.17) is 0 Å². The van der Waals surface area contributed by atoms with Crippen molar-refractivity contribution >= 4 is 29.0 Å². The molecule has 1 N–H and O–H groups in total. The molecular formula is C18H28N6OS. The van der Waals surface area contributed by atoms with Crippen LogP contribution in [-0.4, -0.2) is 44.5 Å². The molecule has 2 aromatic rings. The van der Waals surface area contributed by atoms with E-state index >= 15 is 0 Å². The summed E-state index contributed by atoms with van der Waals surface area (Å²) in [6, 6.07) is 8.37. The maximum atomic E-state index is 12.2. The second kappa shape index (κ2) is 8.53. The van der Waals surface area contributed by atoms with Crippen LogP contribution >= 0.6 is 11.8 Å². The molecule has 0 bridgehead atoms. The summed E-state index contributed by atoms with van der Waals surface area (Å²) in [5.41, 5.74) is 1.72. The van der Waals surface area contributed by atoms with Gasteiger partial charge in [-0.05, 0) is 76.2 Å². The number of anilines is 2. The Morgan fingerprint density at radius 3 is 2.46 bits per heavy atom. The molecule has 0 aliphatic rings. The first-order chi connectivity index (χ1) is 12.2. The number of aromatic nitrogens is 4. The summed E-state index contributed by atoms with van der Waals surface area (Å²) in [5, 5.41) is 15.3. The molecule has 0 saturated heterocycles. The lowest BCUT2D eigenvalue weighted by Gasteiger charge is -2.27. The molecular weight excluding hydrogens is 348 g/mol. The van der Waals surface area contributed by atoms with Crippen molar-refractivity contribution in [2.24, 2.45) is 0 Å². The monoisotopic (exact) mass is 376 g/mol. The minimum Gasteiger partial charge on any atom is -0.369 e. The Bertz CT molecular complexity index is 720. The van der Waals surface area contributed by atoms with Gasteiger partial charge in [-0.25, -0.2) is 4.68 Å². The number of carbonyl (C=O) groups excluding carboxylic acids is 1. The maximum Gasteiger partial charge on any atom is 0.234 e. The highest BCUT2D eigenvalue weighted by Crippen LogP contribution is 2.22. The Morgan fingerprint density at radius 1 is 1.27 bits per heavy atom. The van der Waals surface area contributed by atoms with E-state index in [1.54, 1.807) is 4.68 Å². The molecule has 0 atom stereocenters. The minimum absolute atomic E-state index is 0.0811. The predicted molar refractivity (Wildman–Crippen MR) is 107 cm³/mol. The number of carbonyl (C=O) groups is 1. The molecule has 2 rings (SSSR count). The van der Waals surface area contributed by atoms with Gasteiger partial charge in [0, 0.05) is 24.0 Å². The highest BCUT2D eigenvalue weighted by Gasteiger charge is 2.20. The van der Waals surface area contributed by atoms with E-state index in [2.05, 4.69) is 46.5 Å². The zero-order chi connectivity index (χ0) is 19.3. The van der Waals surface area contributed by atoms with Crippen LogP contribution < -0.4 is 10.2 Å². The number of thioether (sulfide) groups is 1. The Labute approximate surface area is 159 Å². The lowest BCUT2D eigenvalue weighted by molar-refractivity contribution is -0.113. The fourth-order valence-corrected chi connectivity index (χ4v) is 3.46. The van der Waals surface area contributed by atoms with Crippen LogP contribution in [0.4, 0.5) is 11.4 Å². The van der Waals surface area contributed by atoms with E-state index < -0.39 is 0 Å². The third-order valence-corrected chi connectivity index (χ3v) is 4.77. The highest BCUT2D eigenvalue weighted by molar-refractivity contribution is 7.99. The van der Waals surface area contributed by atoms with Gasteiger partial charge in [0.2, 0.25) is 11.1 Å². The topological polar surface area (TPSA) is 75.9 Å². The van der Waals surface area contributed by atoms with Gasteiger partial charge in [-0.1, -0.05) is 11.8 Å². The maximum absolute atomic E-state index is 12.2. The standard InChI is InChI=1S/C18H28N6OS/c1-7-23(13(2)3)15-10-8-14(9-11-15)19-16(25)12-26-17-20-21-22-24(17)18(4,5)6/h8-11,13H,7,12H2,1-6H3,(H,19,25). The zero-order valence-electron chi connectivity index (χ0n) is 16.4. The molecule has 26 heavy (non-hydrogen) atoms. The Hall–Kier alpha value is -2.09. The molecule has 0 saturated carbocycles. The van der Waals surface area contributed by atoms with Gasteiger partial charge in [0.05, 0.1) is 11.3 Å². The van der Waals surface area contributed by atoms with Gasteiger partial charge in [-0.2, -0.15) is 0 Å². The molecule has 0 unspecified atom stereocenters. The first-order valence-corrected chi connectivity index (χ1v) is 9.79. The number of nitrogens with one attached hydrogen (secondary N) is 1. The van der Waals surface area contributed by atoms with Gasteiger partial charge in [-0.15, -0.1) is 5.10 Å². The average molecular weight is 377 g/mol. The van der Waals surface area contributed by atoms with Crippen molar-refractivity contribution in [3.05, 3.63) is 24.3 Å². The normalized spacial score (nSPS) is 11.7. The van der Waals surface area contributed by atoms with Gasteiger partial charge in [0.25, 0.3) is 0 Å². The number of hydrogen-bond acceptors (Lipinski definition) is 6. The van der Waals surface area contributed by atoms with Crippen molar-refractivity contribution in [1.29, 1.82) is 0 Å². The summed E-state index contributed by atoms with van der Waals surface area (Å²) in [4.78, 5) is 14.5. The summed E-state index contributed by atoms with van der Waals surface area (Å²) in [7, 11) is 0. The lowest BCUT2D eigenvalue weighted by Crippen LogP contribution is -2.30. The average Bonchev–Trinajstić information content (AvgIpc) is 3.04. The minimum atomic E-state index is -0.223. The molecule has 7 nitrogen and oxygen atoms in total. The van der Waals surface area contributed by atoms with Crippen molar-refractivity contribution in [2.75, 3.05) is 22.5 Å². The first kappa shape index (κ1) is 20.2. The van der Waals surface area contributed by atoms with Crippen LogP contribution in [0.15, 0.2) is 29.4 Å². The van der Waals surface area contributed by atoms with Crippen molar-refractivity contribution in [3.8, 4) is 0 Å². The molecule has 0 aliphatic heterocycles. The van der Waals surface area contributed by atoms with Crippen molar-refractivity contribution in [1.82, 2.24) is 20.2 Å². The van der Waals surface area contributed by atoms with Crippen molar-refractivity contribution in [2.45, 2.75) is 58.3 Å². The molecule has 142 valence electrons. The third kappa shape index (κ3) is 5.20. The van der Waals surface area contributed by atoms with Crippen LogP contribution in [0.5, 0.6) is 0 Å². The van der Waals surface area contributed by atoms with Gasteiger partial charge in [0.15, 0.2) is 0 Å². The molecule has 8 heteroatoms. The summed E-state index contributed by atoms with van der Waals surface area (Å²) in [5.74, 6) is 0.174. The number of tetrazole rings is 1. The van der Waals surface area contributed by atoms with Crippen LogP contribution in [0.1, 0.15) is 41.5 Å². The van der Waals surface area contributed by atoms with E-state index in [0.29, 0.717) is 11.2 Å². The number of hydrogen-bond donors (Lipinski definition) is 1. The summed E-state index contributed by atoms with van der Waals surface area (Å²) < 4.78 is 1.73. The largest absolute Gasteiger partial charge is 0.369 e. The SMILES string of the molecule is CCN(c1ccc(NC(=O)CSc2nnnn2C(C)(C)C)cc1)C(C)C. The number of nitrogens with zero attached hydrogens (tertiary/aromatic N) is 5. The Kier molecular flexibility index (Phi) is 6.63. The quantitative estimate of drug-likeness (QED) is 0.747. The summed E-state index contributed by atoms with van der Waals surface area (Å²) >= 11 is 1.33. The van der Waals surface area contributed by atoms with Gasteiger partial charge < -0.3 is 10.2 Å².